The van der Waals surface area contributed by atoms with E-state index in [-0.39, 0.29) is 5.82 Å². The molecule has 0 spiro atoms. The van der Waals surface area contributed by atoms with Crippen molar-refractivity contribution in [2.45, 2.75) is 30.8 Å². The van der Waals surface area contributed by atoms with Gasteiger partial charge in [0, 0.05) is 30.1 Å². The third kappa shape index (κ3) is 3.94. The predicted octanol–water partition coefficient (Wildman–Crippen LogP) is 4.23. The molecule has 0 unspecified atom stereocenters. The molecule has 0 saturated heterocycles. The van der Waals surface area contributed by atoms with E-state index in [1.165, 1.54) is 23.9 Å². The normalized spacial score (nSPS) is 11.1. The summed E-state index contributed by atoms with van der Waals surface area (Å²) in [5.41, 5.74) is 1.68. The minimum atomic E-state index is -0.303. The molecular formula is C19H17FN6OS. The van der Waals surface area contributed by atoms with Crippen LogP contribution in [-0.2, 0) is 12.3 Å². The van der Waals surface area contributed by atoms with Gasteiger partial charge in [-0.15, -0.1) is 10.2 Å². The smallest absolute Gasteiger partial charge is 0.237 e. The van der Waals surface area contributed by atoms with Crippen molar-refractivity contribution in [3.63, 3.8) is 0 Å². The van der Waals surface area contributed by atoms with Crippen LogP contribution in [0.4, 0.5) is 4.39 Å². The number of hydrogen-bond acceptors (Lipinski definition) is 7. The van der Waals surface area contributed by atoms with Crippen molar-refractivity contribution < 1.29 is 8.91 Å². The van der Waals surface area contributed by atoms with Gasteiger partial charge < -0.3 is 9.09 Å². The van der Waals surface area contributed by atoms with E-state index in [0.717, 1.165) is 29.5 Å². The fraction of sp³-hybridized carbons (Fsp3) is 0.211. The number of benzene rings is 1. The molecule has 0 bridgehead atoms. The van der Waals surface area contributed by atoms with Crippen LogP contribution < -0.4 is 0 Å². The highest BCUT2D eigenvalue weighted by Crippen LogP contribution is 2.27. The largest absolute Gasteiger partial charge is 0.338 e. The third-order valence-corrected chi connectivity index (χ3v) is 4.95. The van der Waals surface area contributed by atoms with Gasteiger partial charge in [0.2, 0.25) is 11.7 Å². The number of pyridine rings is 1. The summed E-state index contributed by atoms with van der Waals surface area (Å²) in [6.45, 7) is 2.91. The molecule has 3 aromatic heterocycles. The van der Waals surface area contributed by atoms with Crippen LogP contribution in [-0.4, -0.2) is 29.9 Å². The van der Waals surface area contributed by atoms with Gasteiger partial charge in [-0.05, 0) is 42.8 Å². The van der Waals surface area contributed by atoms with E-state index < -0.39 is 0 Å². The third-order valence-electron chi connectivity index (χ3n) is 4.00. The summed E-state index contributed by atoms with van der Waals surface area (Å²) in [5.74, 6) is 1.88. The van der Waals surface area contributed by atoms with Gasteiger partial charge in [0.05, 0.1) is 5.75 Å². The van der Waals surface area contributed by atoms with E-state index >= 15 is 0 Å². The fourth-order valence-corrected chi connectivity index (χ4v) is 3.49. The van der Waals surface area contributed by atoms with Crippen LogP contribution in [0.5, 0.6) is 0 Å². The molecule has 3 heterocycles. The molecule has 0 aliphatic heterocycles. The Labute approximate surface area is 165 Å². The van der Waals surface area contributed by atoms with Gasteiger partial charge in [-0.1, -0.05) is 23.8 Å². The van der Waals surface area contributed by atoms with Gasteiger partial charge in [-0.3, -0.25) is 4.98 Å². The van der Waals surface area contributed by atoms with Gasteiger partial charge in [-0.2, -0.15) is 4.98 Å². The molecular weight excluding hydrogens is 379 g/mol. The first-order chi connectivity index (χ1) is 13.7. The van der Waals surface area contributed by atoms with Crippen LogP contribution in [0.25, 0.3) is 22.8 Å². The topological polar surface area (TPSA) is 82.5 Å². The lowest BCUT2D eigenvalue weighted by atomic mass is 10.2. The Bertz CT molecular complexity index is 1050. The van der Waals surface area contributed by atoms with Gasteiger partial charge in [0.1, 0.15) is 5.82 Å². The molecule has 0 aliphatic rings. The van der Waals surface area contributed by atoms with Crippen LogP contribution >= 0.6 is 11.8 Å². The number of hydrogen-bond donors (Lipinski definition) is 0. The predicted molar refractivity (Wildman–Crippen MR) is 103 cm³/mol. The molecule has 1 aromatic carbocycles. The molecule has 0 fully saturated rings. The summed E-state index contributed by atoms with van der Waals surface area (Å²) in [4.78, 5) is 8.43. The molecule has 0 amide bonds. The zero-order valence-corrected chi connectivity index (χ0v) is 15.9. The first kappa shape index (κ1) is 18.3. The van der Waals surface area contributed by atoms with Gasteiger partial charge in [0.25, 0.3) is 0 Å². The standard InChI is InChI=1S/C19H17FN6OS/c1-2-11-26-18(14-7-9-21-10-8-14)23-24-19(26)28-12-16-22-17(25-27-16)13-3-5-15(20)6-4-13/h3-10H,2,11-12H2,1H3. The van der Waals surface area contributed by atoms with Crippen LogP contribution in [0.3, 0.4) is 0 Å². The minimum Gasteiger partial charge on any atom is -0.338 e. The lowest BCUT2D eigenvalue weighted by Gasteiger charge is -2.07. The average molecular weight is 396 g/mol. The Hall–Kier alpha value is -3.07. The molecule has 4 aromatic rings. The summed E-state index contributed by atoms with van der Waals surface area (Å²) in [7, 11) is 0. The van der Waals surface area contributed by atoms with E-state index in [1.807, 2.05) is 12.1 Å². The molecule has 7 nitrogen and oxygen atoms in total. The van der Waals surface area contributed by atoms with Crippen molar-refractivity contribution >= 4 is 11.8 Å². The molecule has 0 radical (unpaired) electrons. The SMILES string of the molecule is CCCn1c(SCc2nc(-c3ccc(F)cc3)no2)nnc1-c1ccncc1. The van der Waals surface area contributed by atoms with Gasteiger partial charge in [0.15, 0.2) is 11.0 Å². The highest BCUT2D eigenvalue weighted by atomic mass is 32.2. The maximum Gasteiger partial charge on any atom is 0.237 e. The zero-order chi connectivity index (χ0) is 19.3. The van der Waals surface area contributed by atoms with Crippen molar-refractivity contribution in [3.8, 4) is 22.8 Å². The van der Waals surface area contributed by atoms with E-state index in [9.17, 15) is 4.39 Å². The summed E-state index contributed by atoms with van der Waals surface area (Å²) in [5, 5.41) is 13.4. The summed E-state index contributed by atoms with van der Waals surface area (Å²) >= 11 is 1.48. The number of thioether (sulfide) groups is 1. The first-order valence-electron chi connectivity index (χ1n) is 8.79. The van der Waals surface area contributed by atoms with E-state index in [2.05, 4.69) is 36.8 Å². The molecule has 0 atom stereocenters. The van der Waals surface area contributed by atoms with E-state index in [1.54, 1.807) is 24.5 Å². The van der Waals surface area contributed by atoms with E-state index in [0.29, 0.717) is 23.0 Å². The number of halogens is 1. The second-order valence-electron chi connectivity index (χ2n) is 6.00. The molecule has 28 heavy (non-hydrogen) atoms. The fourth-order valence-electron chi connectivity index (χ4n) is 2.69. The highest BCUT2D eigenvalue weighted by Gasteiger charge is 2.16. The number of aromatic nitrogens is 6. The highest BCUT2D eigenvalue weighted by molar-refractivity contribution is 7.98. The summed E-state index contributed by atoms with van der Waals surface area (Å²) < 4.78 is 20.5. The van der Waals surface area contributed by atoms with Crippen molar-refractivity contribution in [2.24, 2.45) is 0 Å². The second-order valence-corrected chi connectivity index (χ2v) is 6.94. The molecule has 4 rings (SSSR count). The average Bonchev–Trinajstić information content (AvgIpc) is 3.35. The van der Waals surface area contributed by atoms with Crippen LogP contribution in [0.15, 0.2) is 58.5 Å². The summed E-state index contributed by atoms with van der Waals surface area (Å²) in [6.07, 6.45) is 4.43. The number of nitrogens with zero attached hydrogens (tertiary/aromatic N) is 6. The van der Waals surface area contributed by atoms with Crippen LogP contribution in [0.2, 0.25) is 0 Å². The Morgan fingerprint density at radius 1 is 1.04 bits per heavy atom. The van der Waals surface area contributed by atoms with Crippen molar-refractivity contribution in [1.82, 2.24) is 29.9 Å². The molecule has 9 heteroatoms. The van der Waals surface area contributed by atoms with Crippen LogP contribution in [0, 0.1) is 5.82 Å². The quantitative estimate of drug-likeness (QED) is 0.432. The van der Waals surface area contributed by atoms with Gasteiger partial charge in [-0.25, -0.2) is 4.39 Å². The Morgan fingerprint density at radius 2 is 1.82 bits per heavy atom. The van der Waals surface area contributed by atoms with Gasteiger partial charge >= 0.3 is 0 Å². The summed E-state index contributed by atoms with van der Waals surface area (Å²) in [6, 6.07) is 9.81. The molecule has 142 valence electrons. The molecule has 0 saturated carbocycles. The zero-order valence-electron chi connectivity index (χ0n) is 15.1. The minimum absolute atomic E-state index is 0.303. The number of rotatable bonds is 7. The Kier molecular flexibility index (Phi) is 5.43. The second kappa shape index (κ2) is 8.30. The van der Waals surface area contributed by atoms with Crippen molar-refractivity contribution in [3.05, 3.63) is 60.5 Å². The maximum atomic E-state index is 13.1. The van der Waals surface area contributed by atoms with Crippen LogP contribution in [0.1, 0.15) is 19.2 Å². The lowest BCUT2D eigenvalue weighted by molar-refractivity contribution is 0.391. The maximum absolute atomic E-state index is 13.1. The van der Waals surface area contributed by atoms with E-state index in [4.69, 9.17) is 4.52 Å². The Balaban J connectivity index is 1.51. The lowest BCUT2D eigenvalue weighted by Crippen LogP contribution is -2.02. The molecule has 0 N–H and O–H groups in total. The van der Waals surface area contributed by atoms with Crippen molar-refractivity contribution in [2.75, 3.05) is 0 Å². The Morgan fingerprint density at radius 3 is 2.57 bits per heavy atom. The first-order valence-corrected chi connectivity index (χ1v) is 9.78. The monoisotopic (exact) mass is 396 g/mol. The van der Waals surface area contributed by atoms with Crippen molar-refractivity contribution in [1.29, 1.82) is 0 Å². The molecule has 0 aliphatic carbocycles.